The van der Waals surface area contributed by atoms with Crippen molar-refractivity contribution in [3.8, 4) is 0 Å². The summed E-state index contributed by atoms with van der Waals surface area (Å²) in [5, 5.41) is 6.07. The number of hydrazone groups is 1. The molecule has 0 spiro atoms. The summed E-state index contributed by atoms with van der Waals surface area (Å²) in [6.45, 7) is 0. The summed E-state index contributed by atoms with van der Waals surface area (Å²) in [6.07, 6.45) is 2.61. The highest BCUT2D eigenvalue weighted by atomic mass is 32.1. The van der Waals surface area contributed by atoms with Crippen molar-refractivity contribution < 1.29 is 9.21 Å². The third-order valence-electron chi connectivity index (χ3n) is 2.82. The number of fused-ring (bicyclic) bond motifs is 1. The fourth-order valence-electron chi connectivity index (χ4n) is 1.81. The average Bonchev–Trinajstić information content (AvgIpc) is 3.04. The van der Waals surface area contributed by atoms with Gasteiger partial charge >= 0.3 is 0 Å². The van der Waals surface area contributed by atoms with Crippen LogP contribution in [-0.4, -0.2) is 12.1 Å². The Morgan fingerprint density at radius 2 is 2.10 bits per heavy atom. The lowest BCUT2D eigenvalue weighted by Crippen LogP contribution is -2.17. The number of benzene rings is 1. The molecule has 5 nitrogen and oxygen atoms in total. The lowest BCUT2D eigenvalue weighted by atomic mass is 10.2. The summed E-state index contributed by atoms with van der Waals surface area (Å²) in [4.78, 5) is 24.4. The Kier molecular flexibility index (Phi) is 3.61. The molecule has 21 heavy (non-hydrogen) atoms. The predicted octanol–water partition coefficient (Wildman–Crippen LogP) is 2.62. The van der Waals surface area contributed by atoms with Crippen molar-refractivity contribution in [2.45, 2.75) is 0 Å². The number of rotatable bonds is 3. The average molecular weight is 298 g/mol. The van der Waals surface area contributed by atoms with E-state index in [-0.39, 0.29) is 16.9 Å². The van der Waals surface area contributed by atoms with Crippen molar-refractivity contribution in [1.29, 1.82) is 0 Å². The summed E-state index contributed by atoms with van der Waals surface area (Å²) in [7, 11) is 0. The van der Waals surface area contributed by atoms with E-state index in [9.17, 15) is 9.59 Å². The maximum atomic E-state index is 12.2. The summed E-state index contributed by atoms with van der Waals surface area (Å²) >= 11 is 1.32. The molecule has 1 N–H and O–H groups in total. The summed E-state index contributed by atoms with van der Waals surface area (Å²) in [5.41, 5.74) is 2.97. The Bertz CT molecular complexity index is 866. The fourth-order valence-corrected chi connectivity index (χ4v) is 2.42. The number of amides is 1. The number of hydrogen-bond acceptors (Lipinski definition) is 5. The van der Waals surface area contributed by atoms with Gasteiger partial charge in [-0.1, -0.05) is 18.2 Å². The van der Waals surface area contributed by atoms with E-state index < -0.39 is 0 Å². The third-order valence-corrected chi connectivity index (χ3v) is 3.69. The molecule has 0 bridgehead atoms. The van der Waals surface area contributed by atoms with Gasteiger partial charge in [0, 0.05) is 0 Å². The normalized spacial score (nSPS) is 11.0. The molecule has 1 aromatic carbocycles. The minimum absolute atomic E-state index is 0.189. The van der Waals surface area contributed by atoms with E-state index in [1.807, 2.05) is 0 Å². The lowest BCUT2D eigenvalue weighted by Gasteiger charge is -1.98. The fraction of sp³-hybridized carbons (Fsp3) is 0. The Morgan fingerprint density at radius 3 is 2.90 bits per heavy atom. The number of nitrogens with zero attached hydrogens (tertiary/aromatic N) is 1. The molecular weight excluding hydrogens is 288 g/mol. The van der Waals surface area contributed by atoms with Gasteiger partial charge in [0.15, 0.2) is 0 Å². The Hall–Kier alpha value is -2.73. The number of carbonyl (C=O) groups is 1. The number of hydrogen-bond donors (Lipinski definition) is 1. The van der Waals surface area contributed by atoms with Crippen LogP contribution in [0.15, 0.2) is 62.4 Å². The maximum absolute atomic E-state index is 12.2. The molecule has 1 amide bonds. The van der Waals surface area contributed by atoms with Gasteiger partial charge in [0.1, 0.15) is 11.8 Å². The van der Waals surface area contributed by atoms with Crippen LogP contribution in [-0.2, 0) is 0 Å². The second-order valence-electron chi connectivity index (χ2n) is 4.19. The largest absolute Gasteiger partial charge is 0.463 e. The van der Waals surface area contributed by atoms with Crippen LogP contribution in [0.1, 0.15) is 15.2 Å². The zero-order valence-corrected chi connectivity index (χ0v) is 11.6. The van der Waals surface area contributed by atoms with E-state index in [0.29, 0.717) is 15.8 Å². The van der Waals surface area contributed by atoms with Gasteiger partial charge in [-0.3, -0.25) is 9.59 Å². The standard InChI is InChI=1S/C15H10N2O3S/c18-14-10(9-20-12-5-2-1-4-11(12)14)8-16-17-15(19)13-6-3-7-21-13/h1-9H,(H,17,19)/b16-8+. The minimum atomic E-state index is -0.313. The second-order valence-corrected chi connectivity index (χ2v) is 5.14. The van der Waals surface area contributed by atoms with E-state index in [0.717, 1.165) is 0 Å². The summed E-state index contributed by atoms with van der Waals surface area (Å²) in [5.74, 6) is -0.313. The topological polar surface area (TPSA) is 71.7 Å². The Labute approximate surface area is 123 Å². The first-order valence-corrected chi connectivity index (χ1v) is 7.01. The molecule has 0 unspecified atom stereocenters. The highest BCUT2D eigenvalue weighted by Gasteiger charge is 2.06. The molecule has 6 heteroatoms. The van der Waals surface area contributed by atoms with Gasteiger partial charge in [-0.2, -0.15) is 5.10 Å². The number of thiophene rings is 1. The van der Waals surface area contributed by atoms with Crippen LogP contribution in [0, 0.1) is 0 Å². The highest BCUT2D eigenvalue weighted by molar-refractivity contribution is 7.12. The Morgan fingerprint density at radius 1 is 1.24 bits per heavy atom. The minimum Gasteiger partial charge on any atom is -0.463 e. The predicted molar refractivity (Wildman–Crippen MR) is 81.9 cm³/mol. The molecule has 3 aromatic rings. The van der Waals surface area contributed by atoms with Crippen molar-refractivity contribution in [2.24, 2.45) is 5.10 Å². The zero-order valence-electron chi connectivity index (χ0n) is 10.8. The summed E-state index contributed by atoms with van der Waals surface area (Å²) < 4.78 is 5.35. The number of carbonyl (C=O) groups excluding carboxylic acids is 1. The molecule has 104 valence electrons. The molecule has 2 heterocycles. The molecule has 0 radical (unpaired) electrons. The molecule has 0 saturated heterocycles. The van der Waals surface area contributed by atoms with Gasteiger partial charge in [0.25, 0.3) is 5.91 Å². The third kappa shape index (κ3) is 2.75. The van der Waals surface area contributed by atoms with E-state index in [4.69, 9.17) is 4.42 Å². The molecule has 0 aliphatic carbocycles. The van der Waals surface area contributed by atoms with Crippen LogP contribution in [0.2, 0.25) is 0 Å². The smallest absolute Gasteiger partial charge is 0.281 e. The highest BCUT2D eigenvalue weighted by Crippen LogP contribution is 2.10. The molecule has 3 rings (SSSR count). The molecule has 2 aromatic heterocycles. The number of nitrogens with one attached hydrogen (secondary N) is 1. The maximum Gasteiger partial charge on any atom is 0.281 e. The van der Waals surface area contributed by atoms with Gasteiger partial charge in [-0.05, 0) is 23.6 Å². The molecule has 0 saturated carbocycles. The number of para-hydroxylation sites is 1. The second kappa shape index (κ2) is 5.72. The van der Waals surface area contributed by atoms with Crippen LogP contribution in [0.25, 0.3) is 11.0 Å². The van der Waals surface area contributed by atoms with E-state index in [1.165, 1.54) is 23.8 Å². The Balaban J connectivity index is 1.82. The zero-order chi connectivity index (χ0) is 14.7. The monoisotopic (exact) mass is 298 g/mol. The lowest BCUT2D eigenvalue weighted by molar-refractivity contribution is 0.0959. The van der Waals surface area contributed by atoms with E-state index >= 15 is 0 Å². The first-order valence-electron chi connectivity index (χ1n) is 6.13. The van der Waals surface area contributed by atoms with Crippen molar-refractivity contribution in [2.75, 3.05) is 0 Å². The van der Waals surface area contributed by atoms with E-state index in [2.05, 4.69) is 10.5 Å². The van der Waals surface area contributed by atoms with Crippen LogP contribution in [0.5, 0.6) is 0 Å². The first kappa shape index (κ1) is 13.3. The van der Waals surface area contributed by atoms with Crippen LogP contribution >= 0.6 is 11.3 Å². The van der Waals surface area contributed by atoms with Gasteiger partial charge in [0.05, 0.1) is 22.0 Å². The van der Waals surface area contributed by atoms with Gasteiger partial charge in [0.2, 0.25) is 5.43 Å². The SMILES string of the molecule is O=C(N/N=C/c1coc2ccccc2c1=O)c1cccs1. The van der Waals surface area contributed by atoms with Gasteiger partial charge in [-0.25, -0.2) is 5.43 Å². The van der Waals surface area contributed by atoms with E-state index in [1.54, 1.807) is 41.8 Å². The summed E-state index contributed by atoms with van der Waals surface area (Å²) in [6, 6.07) is 10.4. The molecule has 0 fully saturated rings. The molecule has 0 aliphatic heterocycles. The van der Waals surface area contributed by atoms with Crippen molar-refractivity contribution in [1.82, 2.24) is 5.43 Å². The van der Waals surface area contributed by atoms with Crippen molar-refractivity contribution in [3.63, 3.8) is 0 Å². The molecule has 0 aliphatic rings. The van der Waals surface area contributed by atoms with Gasteiger partial charge in [-0.15, -0.1) is 11.3 Å². The first-order chi connectivity index (χ1) is 10.3. The van der Waals surface area contributed by atoms with Crippen LogP contribution in [0.4, 0.5) is 0 Å². The van der Waals surface area contributed by atoms with Crippen molar-refractivity contribution >= 4 is 34.4 Å². The quantitative estimate of drug-likeness (QED) is 0.597. The van der Waals surface area contributed by atoms with Crippen LogP contribution < -0.4 is 10.9 Å². The van der Waals surface area contributed by atoms with Crippen LogP contribution in [0.3, 0.4) is 0 Å². The molecule has 0 atom stereocenters. The molecular formula is C15H10N2O3S. The van der Waals surface area contributed by atoms with Gasteiger partial charge < -0.3 is 4.42 Å². The van der Waals surface area contributed by atoms with Crippen molar-refractivity contribution in [3.05, 3.63) is 68.7 Å².